The number of phenols is 1. The minimum absolute atomic E-state index is 0.135. The van der Waals surface area contributed by atoms with Gasteiger partial charge in [0.1, 0.15) is 23.5 Å². The highest BCUT2D eigenvalue weighted by atomic mass is 16.5. The van der Waals surface area contributed by atoms with E-state index in [2.05, 4.69) is 31.5 Å². The van der Waals surface area contributed by atoms with Crippen LogP contribution in [0.5, 0.6) is 11.5 Å². The standard InChI is InChI=1S/C28H38N8O4/c29-35-18-31-13-1-3-15-33-25(38)12-6-20-5-11-24-23(17-20)26(27(40-24)21-7-9-22(37)10-8-21)28(39)34-16-4-2-14-32-19-36-30/h5-12,17-19,26-27,37H,1-4,13-16,29-30H2,(H,31,35)(H,32,36)(H,33,38)(H,34,39)/b12-6+. The fraction of sp³-hybridized carbons (Fsp3) is 0.357. The summed E-state index contributed by atoms with van der Waals surface area (Å²) in [5, 5.41) is 15.6. The summed E-state index contributed by atoms with van der Waals surface area (Å²) < 4.78 is 6.22. The predicted octanol–water partition coefficient (Wildman–Crippen LogP) is 1.40. The molecule has 1 heterocycles. The zero-order chi connectivity index (χ0) is 28.6. The SMILES string of the molecule is NNC=NCCCCNC(=O)/C=C/c1ccc2c(c1)C(C(=O)NCCCCN=CNN)C(c1ccc(O)cc1)O2. The largest absolute Gasteiger partial charge is 0.508 e. The van der Waals surface area contributed by atoms with Gasteiger partial charge in [0.15, 0.2) is 0 Å². The van der Waals surface area contributed by atoms with Crippen LogP contribution in [-0.2, 0) is 9.59 Å². The van der Waals surface area contributed by atoms with E-state index in [1.54, 1.807) is 30.3 Å². The number of phenolic OH excluding ortho intramolecular Hbond substituents is 1. The molecule has 1 aliphatic rings. The van der Waals surface area contributed by atoms with Gasteiger partial charge >= 0.3 is 0 Å². The van der Waals surface area contributed by atoms with Crippen LogP contribution in [0.15, 0.2) is 58.5 Å². The second-order valence-corrected chi connectivity index (χ2v) is 9.14. The molecule has 40 heavy (non-hydrogen) atoms. The molecule has 0 fully saturated rings. The highest BCUT2D eigenvalue weighted by Crippen LogP contribution is 2.46. The van der Waals surface area contributed by atoms with E-state index in [4.69, 9.17) is 16.4 Å². The molecular formula is C28H38N8O4. The van der Waals surface area contributed by atoms with E-state index in [9.17, 15) is 14.7 Å². The number of amides is 2. The third-order valence-electron chi connectivity index (χ3n) is 6.21. The summed E-state index contributed by atoms with van der Waals surface area (Å²) in [5.74, 6) is 10.1. The molecule has 0 spiro atoms. The molecule has 0 aromatic heterocycles. The van der Waals surface area contributed by atoms with Crippen molar-refractivity contribution >= 4 is 30.6 Å². The van der Waals surface area contributed by atoms with Gasteiger partial charge in [-0.25, -0.2) is 11.7 Å². The molecule has 0 saturated heterocycles. The van der Waals surface area contributed by atoms with Crippen LogP contribution < -0.4 is 37.9 Å². The van der Waals surface area contributed by atoms with Crippen molar-refractivity contribution in [2.75, 3.05) is 26.2 Å². The number of nitrogens with two attached hydrogens (primary N) is 2. The third kappa shape index (κ3) is 9.40. The average Bonchev–Trinajstić information content (AvgIpc) is 3.34. The molecule has 0 bridgehead atoms. The lowest BCUT2D eigenvalue weighted by Crippen LogP contribution is -2.32. The summed E-state index contributed by atoms with van der Waals surface area (Å²) in [7, 11) is 0. The lowest BCUT2D eigenvalue weighted by Gasteiger charge is -2.19. The van der Waals surface area contributed by atoms with E-state index in [1.165, 1.54) is 18.8 Å². The van der Waals surface area contributed by atoms with Gasteiger partial charge < -0.3 is 31.3 Å². The Bertz CT molecular complexity index is 1180. The van der Waals surface area contributed by atoms with E-state index in [0.29, 0.717) is 31.9 Å². The molecule has 9 N–H and O–H groups in total. The monoisotopic (exact) mass is 550 g/mol. The number of hydrogen-bond acceptors (Lipinski definition) is 8. The van der Waals surface area contributed by atoms with Gasteiger partial charge in [-0.3, -0.25) is 19.6 Å². The van der Waals surface area contributed by atoms with Crippen molar-refractivity contribution in [2.24, 2.45) is 21.7 Å². The summed E-state index contributed by atoms with van der Waals surface area (Å²) in [6, 6.07) is 12.2. The number of benzene rings is 2. The number of unbranched alkanes of at least 4 members (excludes halogenated alkanes) is 2. The fourth-order valence-electron chi connectivity index (χ4n) is 4.25. The van der Waals surface area contributed by atoms with Crippen molar-refractivity contribution in [2.45, 2.75) is 37.7 Å². The van der Waals surface area contributed by atoms with Gasteiger partial charge in [0.2, 0.25) is 11.8 Å². The van der Waals surface area contributed by atoms with Gasteiger partial charge in [-0.2, -0.15) is 0 Å². The predicted molar refractivity (Wildman–Crippen MR) is 156 cm³/mol. The number of hydrazine groups is 2. The normalized spacial score (nSPS) is 16.2. The average molecular weight is 551 g/mol. The molecular weight excluding hydrogens is 512 g/mol. The zero-order valence-corrected chi connectivity index (χ0v) is 22.4. The van der Waals surface area contributed by atoms with Crippen LogP contribution in [0.2, 0.25) is 0 Å². The highest BCUT2D eigenvalue weighted by Gasteiger charge is 2.40. The third-order valence-corrected chi connectivity index (χ3v) is 6.21. The molecule has 214 valence electrons. The molecule has 2 atom stereocenters. The first kappa shape index (κ1) is 30.1. The highest BCUT2D eigenvalue weighted by molar-refractivity contribution is 5.92. The number of nitrogens with one attached hydrogen (secondary N) is 4. The van der Waals surface area contributed by atoms with Crippen LogP contribution in [0.3, 0.4) is 0 Å². The molecule has 0 saturated carbocycles. The maximum absolute atomic E-state index is 13.4. The topological polar surface area (TPSA) is 188 Å². The summed E-state index contributed by atoms with van der Waals surface area (Å²) in [5.41, 5.74) is 7.00. The van der Waals surface area contributed by atoms with Gasteiger partial charge in [0.25, 0.3) is 0 Å². The lowest BCUT2D eigenvalue weighted by molar-refractivity contribution is -0.124. The molecule has 1 aliphatic heterocycles. The second-order valence-electron chi connectivity index (χ2n) is 9.14. The number of aromatic hydroxyl groups is 1. The van der Waals surface area contributed by atoms with E-state index in [1.807, 2.05) is 18.2 Å². The molecule has 12 heteroatoms. The zero-order valence-electron chi connectivity index (χ0n) is 22.4. The first-order valence-electron chi connectivity index (χ1n) is 13.3. The molecule has 0 aliphatic carbocycles. The van der Waals surface area contributed by atoms with Gasteiger partial charge in [-0.15, -0.1) is 0 Å². The Morgan fingerprint density at radius 3 is 2.20 bits per heavy atom. The summed E-state index contributed by atoms with van der Waals surface area (Å²) in [6.07, 6.45) is 8.69. The van der Waals surface area contributed by atoms with Gasteiger partial charge in [0, 0.05) is 37.8 Å². The first-order valence-corrected chi connectivity index (χ1v) is 13.3. The van der Waals surface area contributed by atoms with Crippen molar-refractivity contribution in [1.29, 1.82) is 0 Å². The number of ether oxygens (including phenoxy) is 1. The lowest BCUT2D eigenvalue weighted by atomic mass is 9.89. The van der Waals surface area contributed by atoms with Gasteiger partial charge in [0.05, 0.1) is 12.7 Å². The van der Waals surface area contributed by atoms with Gasteiger partial charge in [-0.05, 0) is 67.2 Å². The van der Waals surface area contributed by atoms with Crippen LogP contribution in [0.4, 0.5) is 0 Å². The maximum Gasteiger partial charge on any atom is 0.243 e. The molecule has 12 nitrogen and oxygen atoms in total. The number of aliphatic imine (C=N–C) groups is 2. The van der Waals surface area contributed by atoms with Crippen molar-refractivity contribution < 1.29 is 19.4 Å². The number of carbonyl (C=O) groups is 2. The van der Waals surface area contributed by atoms with E-state index >= 15 is 0 Å². The Kier molecular flexibility index (Phi) is 12.4. The molecule has 2 amide bonds. The Morgan fingerprint density at radius 2 is 1.55 bits per heavy atom. The van der Waals surface area contributed by atoms with E-state index in [-0.39, 0.29) is 17.6 Å². The molecule has 2 aromatic rings. The number of hydrogen-bond donors (Lipinski definition) is 7. The van der Waals surface area contributed by atoms with Crippen LogP contribution in [-0.4, -0.2) is 55.8 Å². The van der Waals surface area contributed by atoms with Crippen molar-refractivity contribution in [3.63, 3.8) is 0 Å². The first-order chi connectivity index (χ1) is 19.5. The van der Waals surface area contributed by atoms with Crippen molar-refractivity contribution in [3.05, 3.63) is 65.2 Å². The van der Waals surface area contributed by atoms with E-state index < -0.39 is 12.0 Å². The van der Waals surface area contributed by atoms with Gasteiger partial charge in [-0.1, -0.05) is 18.2 Å². The second kappa shape index (κ2) is 16.5. The minimum atomic E-state index is -0.599. The van der Waals surface area contributed by atoms with Crippen molar-refractivity contribution in [1.82, 2.24) is 21.5 Å². The summed E-state index contributed by atoms with van der Waals surface area (Å²) in [6.45, 7) is 2.28. The Hall–Kier alpha value is -4.42. The van der Waals surface area contributed by atoms with Crippen LogP contribution in [0.1, 0.15) is 54.4 Å². The summed E-state index contributed by atoms with van der Waals surface area (Å²) in [4.78, 5) is 33.8. The number of fused-ring (bicyclic) bond motifs is 1. The van der Waals surface area contributed by atoms with Crippen LogP contribution in [0.25, 0.3) is 6.08 Å². The van der Waals surface area contributed by atoms with E-state index in [0.717, 1.165) is 42.4 Å². The Labute approximate surface area is 233 Å². The number of nitrogens with zero attached hydrogens (tertiary/aromatic N) is 2. The van der Waals surface area contributed by atoms with Crippen molar-refractivity contribution in [3.8, 4) is 11.5 Å². The van der Waals surface area contributed by atoms with Crippen LogP contribution >= 0.6 is 0 Å². The number of rotatable bonds is 16. The molecule has 0 radical (unpaired) electrons. The molecule has 3 rings (SSSR count). The smallest absolute Gasteiger partial charge is 0.243 e. The Balaban J connectivity index is 1.65. The maximum atomic E-state index is 13.4. The quantitative estimate of drug-likeness (QED) is 0.0408. The Morgan fingerprint density at radius 1 is 0.900 bits per heavy atom. The van der Waals surface area contributed by atoms with Crippen LogP contribution in [0, 0.1) is 0 Å². The number of carbonyl (C=O) groups excluding carboxylic acids is 2. The minimum Gasteiger partial charge on any atom is -0.508 e. The molecule has 2 unspecified atom stereocenters. The summed E-state index contributed by atoms with van der Waals surface area (Å²) >= 11 is 0. The molecule has 2 aromatic carbocycles. The fourth-order valence-corrected chi connectivity index (χ4v) is 4.25.